The lowest BCUT2D eigenvalue weighted by Crippen LogP contribution is -2.37. The van der Waals surface area contributed by atoms with Gasteiger partial charge in [0.1, 0.15) is 5.75 Å². The fraction of sp³-hybridized carbons (Fsp3) is 0.533. The van der Waals surface area contributed by atoms with Gasteiger partial charge in [0.25, 0.3) is 5.91 Å². The van der Waals surface area contributed by atoms with Gasteiger partial charge >= 0.3 is 0 Å². The van der Waals surface area contributed by atoms with E-state index >= 15 is 0 Å². The number of nitrogens with one attached hydrogen (secondary N) is 1. The third kappa shape index (κ3) is 4.17. The third-order valence-electron chi connectivity index (χ3n) is 3.41. The molecule has 118 valence electrons. The first-order valence-electron chi connectivity index (χ1n) is 6.65. The molecule has 1 amide bonds. The van der Waals surface area contributed by atoms with Crippen LogP contribution in [0.1, 0.15) is 24.2 Å². The largest absolute Gasteiger partial charge is 0.496 e. The van der Waals surface area contributed by atoms with Crippen molar-refractivity contribution in [2.45, 2.75) is 19.9 Å². The van der Waals surface area contributed by atoms with Crippen molar-refractivity contribution in [2.75, 3.05) is 27.2 Å². The monoisotopic (exact) mass is 315 g/mol. The Labute approximate surface area is 130 Å². The Kier molecular flexibility index (Phi) is 6.62. The average Bonchev–Trinajstić information content (AvgIpc) is 2.52. The van der Waals surface area contributed by atoms with Crippen LogP contribution in [0.2, 0.25) is 0 Å². The highest BCUT2D eigenvalue weighted by molar-refractivity contribution is 6.18. The third-order valence-corrected chi connectivity index (χ3v) is 3.89. The van der Waals surface area contributed by atoms with E-state index in [1.807, 2.05) is 13.8 Å². The molecule has 2 unspecified atom stereocenters. The highest BCUT2D eigenvalue weighted by Gasteiger charge is 2.20. The highest BCUT2D eigenvalue weighted by atomic mass is 35.5. The van der Waals surface area contributed by atoms with E-state index in [0.717, 1.165) is 0 Å². The zero-order valence-corrected chi connectivity index (χ0v) is 13.8. The molecular weight excluding hydrogens is 294 g/mol. The van der Waals surface area contributed by atoms with E-state index < -0.39 is 0 Å². The van der Waals surface area contributed by atoms with Gasteiger partial charge in [-0.3, -0.25) is 4.79 Å². The maximum absolute atomic E-state index is 12.4. The van der Waals surface area contributed by atoms with E-state index in [4.69, 9.17) is 25.8 Å². The Morgan fingerprint density at radius 1 is 1.10 bits per heavy atom. The van der Waals surface area contributed by atoms with Crippen LogP contribution >= 0.6 is 11.6 Å². The second-order valence-electron chi connectivity index (χ2n) is 4.80. The van der Waals surface area contributed by atoms with Crippen LogP contribution in [0, 0.1) is 5.92 Å². The van der Waals surface area contributed by atoms with E-state index in [9.17, 15) is 4.79 Å². The minimum atomic E-state index is -0.239. The summed E-state index contributed by atoms with van der Waals surface area (Å²) in [4.78, 5) is 12.4. The zero-order valence-electron chi connectivity index (χ0n) is 13.0. The van der Waals surface area contributed by atoms with Gasteiger partial charge in [0.05, 0.1) is 26.9 Å². The summed E-state index contributed by atoms with van der Waals surface area (Å²) >= 11 is 5.81. The first kappa shape index (κ1) is 17.4. The number of amides is 1. The van der Waals surface area contributed by atoms with Gasteiger partial charge < -0.3 is 19.5 Å². The van der Waals surface area contributed by atoms with E-state index in [1.165, 1.54) is 21.3 Å². The van der Waals surface area contributed by atoms with Gasteiger partial charge in [-0.25, -0.2) is 0 Å². The first-order chi connectivity index (χ1) is 9.98. The van der Waals surface area contributed by atoms with Gasteiger partial charge in [-0.1, -0.05) is 6.92 Å². The van der Waals surface area contributed by atoms with Gasteiger partial charge in [0, 0.05) is 24.1 Å². The molecule has 1 N–H and O–H groups in total. The summed E-state index contributed by atoms with van der Waals surface area (Å²) in [5, 5.41) is 2.91. The van der Waals surface area contributed by atoms with Crippen molar-refractivity contribution in [2.24, 2.45) is 5.92 Å². The molecule has 0 aliphatic rings. The normalized spacial score (nSPS) is 13.2. The number of hydrogen-bond donors (Lipinski definition) is 1. The van der Waals surface area contributed by atoms with Gasteiger partial charge in [0.2, 0.25) is 0 Å². The lowest BCUT2D eigenvalue weighted by atomic mass is 10.1. The molecule has 0 aromatic heterocycles. The van der Waals surface area contributed by atoms with Crippen molar-refractivity contribution < 1.29 is 19.0 Å². The van der Waals surface area contributed by atoms with Crippen LogP contribution < -0.4 is 19.5 Å². The fourth-order valence-electron chi connectivity index (χ4n) is 1.77. The second kappa shape index (κ2) is 7.98. The van der Waals surface area contributed by atoms with Gasteiger partial charge in [-0.05, 0) is 12.8 Å². The topological polar surface area (TPSA) is 56.8 Å². The molecule has 0 aliphatic heterocycles. The van der Waals surface area contributed by atoms with Crippen molar-refractivity contribution in [3.8, 4) is 17.2 Å². The molecule has 1 rings (SSSR count). The smallest absolute Gasteiger partial charge is 0.255 e. The molecule has 0 radical (unpaired) electrons. The van der Waals surface area contributed by atoms with Crippen molar-refractivity contribution >= 4 is 17.5 Å². The van der Waals surface area contributed by atoms with Crippen molar-refractivity contribution in [3.63, 3.8) is 0 Å². The molecular formula is C15H22ClNO4. The predicted molar refractivity (Wildman–Crippen MR) is 82.9 cm³/mol. The predicted octanol–water partition coefficient (Wildman–Crippen LogP) is 2.71. The molecule has 2 atom stereocenters. The Morgan fingerprint density at radius 2 is 1.62 bits per heavy atom. The number of alkyl halides is 1. The second-order valence-corrected chi connectivity index (χ2v) is 5.11. The molecule has 0 spiro atoms. The van der Waals surface area contributed by atoms with E-state index in [2.05, 4.69) is 5.32 Å². The maximum atomic E-state index is 12.4. The lowest BCUT2D eigenvalue weighted by molar-refractivity contribution is 0.0927. The molecule has 1 aromatic carbocycles. The highest BCUT2D eigenvalue weighted by Crippen LogP contribution is 2.34. The van der Waals surface area contributed by atoms with Crippen LogP contribution in [0.25, 0.3) is 0 Å². The van der Waals surface area contributed by atoms with Crippen LogP contribution in [0.5, 0.6) is 17.2 Å². The van der Waals surface area contributed by atoms with E-state index in [1.54, 1.807) is 12.1 Å². The summed E-state index contributed by atoms with van der Waals surface area (Å²) in [6, 6.07) is 3.18. The molecule has 0 bridgehead atoms. The SMILES string of the molecule is COc1cc(OC)c(C(=O)NC(C)C(C)CCl)cc1OC. The Morgan fingerprint density at radius 3 is 2.10 bits per heavy atom. The van der Waals surface area contributed by atoms with Crippen molar-refractivity contribution in [1.82, 2.24) is 5.32 Å². The molecule has 21 heavy (non-hydrogen) atoms. The fourth-order valence-corrected chi connectivity index (χ4v) is 2.03. The van der Waals surface area contributed by atoms with Crippen molar-refractivity contribution in [1.29, 1.82) is 0 Å². The van der Waals surface area contributed by atoms with Crippen LogP contribution in [-0.4, -0.2) is 39.2 Å². The van der Waals surface area contributed by atoms with Gasteiger partial charge in [-0.2, -0.15) is 0 Å². The molecule has 0 fully saturated rings. The lowest BCUT2D eigenvalue weighted by Gasteiger charge is -2.20. The van der Waals surface area contributed by atoms with E-state index in [-0.39, 0.29) is 17.9 Å². The summed E-state index contributed by atoms with van der Waals surface area (Å²) in [6.45, 7) is 3.89. The number of carbonyl (C=O) groups is 1. The molecule has 6 heteroatoms. The number of halogens is 1. The minimum Gasteiger partial charge on any atom is -0.496 e. The van der Waals surface area contributed by atoms with Crippen LogP contribution in [0.3, 0.4) is 0 Å². The van der Waals surface area contributed by atoms with Crippen LogP contribution in [0.4, 0.5) is 0 Å². The summed E-state index contributed by atoms with van der Waals surface area (Å²) in [7, 11) is 4.55. The van der Waals surface area contributed by atoms with Crippen LogP contribution in [0.15, 0.2) is 12.1 Å². The Hall–Kier alpha value is -1.62. The number of hydrogen-bond acceptors (Lipinski definition) is 4. The zero-order chi connectivity index (χ0) is 16.0. The summed E-state index contributed by atoms with van der Waals surface area (Å²) in [6.07, 6.45) is 0. The number of ether oxygens (including phenoxy) is 3. The molecule has 1 aromatic rings. The molecule has 5 nitrogen and oxygen atoms in total. The summed E-state index contributed by atoms with van der Waals surface area (Å²) < 4.78 is 15.7. The quantitative estimate of drug-likeness (QED) is 0.786. The Bertz CT molecular complexity index is 493. The van der Waals surface area contributed by atoms with E-state index in [0.29, 0.717) is 28.7 Å². The van der Waals surface area contributed by atoms with Crippen molar-refractivity contribution in [3.05, 3.63) is 17.7 Å². The molecule has 0 saturated heterocycles. The molecule has 0 aliphatic carbocycles. The number of benzene rings is 1. The van der Waals surface area contributed by atoms with Crippen LogP contribution in [-0.2, 0) is 0 Å². The Balaban J connectivity index is 3.07. The minimum absolute atomic E-state index is 0.0483. The van der Waals surface area contributed by atoms with Gasteiger partial charge in [0.15, 0.2) is 11.5 Å². The first-order valence-corrected chi connectivity index (χ1v) is 7.18. The van der Waals surface area contributed by atoms with Gasteiger partial charge in [-0.15, -0.1) is 11.6 Å². The number of methoxy groups -OCH3 is 3. The average molecular weight is 316 g/mol. The number of rotatable bonds is 7. The molecule has 0 heterocycles. The summed E-state index contributed by atoms with van der Waals surface area (Å²) in [5.41, 5.74) is 0.392. The maximum Gasteiger partial charge on any atom is 0.255 e. The summed E-state index contributed by atoms with van der Waals surface area (Å²) in [5.74, 6) is 1.81. The standard InChI is InChI=1S/C15H22ClNO4/c1-9(8-16)10(2)17-15(18)11-6-13(20-4)14(21-5)7-12(11)19-3/h6-7,9-10H,8H2,1-5H3,(H,17,18). The molecule has 0 saturated carbocycles. The number of carbonyl (C=O) groups excluding carboxylic acids is 1.